The molecule has 1 aliphatic heterocycles. The van der Waals surface area contributed by atoms with Crippen molar-refractivity contribution < 1.29 is 31.1 Å². The maximum Gasteiger partial charge on any atom is 0.402 e. The molecule has 0 saturated carbocycles. The third kappa shape index (κ3) is 6.58. The number of hydrogen-bond donors (Lipinski definition) is 2. The Kier molecular flexibility index (Phi) is 6.73. The number of benzene rings is 2. The molecule has 2 N–H and O–H groups in total. The van der Waals surface area contributed by atoms with E-state index >= 15 is 0 Å². The zero-order valence-corrected chi connectivity index (χ0v) is 17.3. The van der Waals surface area contributed by atoms with Crippen LogP contribution in [-0.4, -0.2) is 33.7 Å². The molecule has 0 saturated heterocycles. The Hall–Kier alpha value is -2.82. The van der Waals surface area contributed by atoms with Crippen molar-refractivity contribution >= 4 is 39.3 Å². The first-order valence-electron chi connectivity index (χ1n) is 8.80. The molecule has 1 aliphatic rings. The van der Waals surface area contributed by atoms with Crippen molar-refractivity contribution in [3.8, 4) is 5.75 Å². The molecule has 0 aromatic heterocycles. The Morgan fingerprint density at radius 1 is 1.16 bits per heavy atom. The number of fused-ring (bicyclic) bond motifs is 1. The second-order valence-corrected chi connectivity index (χ2v) is 8.68. The summed E-state index contributed by atoms with van der Waals surface area (Å²) in [5.74, 6) is 0.203. The van der Waals surface area contributed by atoms with E-state index in [1.165, 1.54) is 22.9 Å². The minimum atomic E-state index is -4.67. The fourth-order valence-electron chi connectivity index (χ4n) is 2.61. The third-order valence-corrected chi connectivity index (χ3v) is 5.70. The van der Waals surface area contributed by atoms with Gasteiger partial charge in [-0.25, -0.2) is 13.1 Å². The molecule has 1 amide bonds. The molecule has 0 unspecified atom stereocenters. The van der Waals surface area contributed by atoms with Gasteiger partial charge in [0.05, 0.1) is 4.90 Å². The molecular formula is C20H16ClF3N2O4S. The molecule has 0 radical (unpaired) electrons. The Morgan fingerprint density at radius 2 is 1.87 bits per heavy atom. The van der Waals surface area contributed by atoms with E-state index in [-0.39, 0.29) is 17.2 Å². The van der Waals surface area contributed by atoms with E-state index < -0.39 is 28.7 Å². The van der Waals surface area contributed by atoms with Gasteiger partial charge < -0.3 is 10.1 Å². The van der Waals surface area contributed by atoms with E-state index in [0.29, 0.717) is 10.8 Å². The zero-order chi connectivity index (χ0) is 22.6. The smallest absolute Gasteiger partial charge is 0.402 e. The van der Waals surface area contributed by atoms with Crippen LogP contribution in [0.1, 0.15) is 5.56 Å². The Labute approximate surface area is 181 Å². The molecule has 11 heteroatoms. The highest BCUT2D eigenvalue weighted by molar-refractivity contribution is 7.89. The molecule has 0 fully saturated rings. The number of carbonyl (C=O) groups is 1. The quantitative estimate of drug-likeness (QED) is 0.618. The van der Waals surface area contributed by atoms with E-state index in [0.717, 1.165) is 23.3 Å². The van der Waals surface area contributed by atoms with Gasteiger partial charge >= 0.3 is 6.18 Å². The second-order valence-electron chi connectivity index (χ2n) is 6.48. The summed E-state index contributed by atoms with van der Waals surface area (Å²) in [5, 5.41) is 3.09. The summed E-state index contributed by atoms with van der Waals surface area (Å²) >= 11 is 5.96. The summed E-state index contributed by atoms with van der Waals surface area (Å²) in [6.07, 6.45) is 0.0158. The van der Waals surface area contributed by atoms with E-state index in [1.54, 1.807) is 24.3 Å². The van der Waals surface area contributed by atoms with E-state index in [4.69, 9.17) is 16.3 Å². The van der Waals surface area contributed by atoms with E-state index in [1.807, 2.05) is 6.08 Å². The van der Waals surface area contributed by atoms with Crippen molar-refractivity contribution in [3.05, 3.63) is 70.8 Å². The van der Waals surface area contributed by atoms with Gasteiger partial charge in [-0.1, -0.05) is 17.7 Å². The maximum absolute atomic E-state index is 12.2. The zero-order valence-electron chi connectivity index (χ0n) is 15.7. The first kappa shape index (κ1) is 22.9. The number of halogens is 4. The lowest BCUT2D eigenvalue weighted by molar-refractivity contribution is -0.121. The molecule has 1 heterocycles. The van der Waals surface area contributed by atoms with Crippen molar-refractivity contribution in [3.63, 3.8) is 0 Å². The Bertz CT molecular complexity index is 1140. The normalized spacial score (nSPS) is 14.0. The highest BCUT2D eigenvalue weighted by Crippen LogP contribution is 2.29. The van der Waals surface area contributed by atoms with Gasteiger partial charge in [-0.15, -0.1) is 0 Å². The molecule has 0 aliphatic carbocycles. The summed E-state index contributed by atoms with van der Waals surface area (Å²) in [6, 6.07) is 9.94. The van der Waals surface area contributed by atoms with Crippen LogP contribution in [0.2, 0.25) is 5.02 Å². The molecule has 2 aromatic rings. The molecule has 6 nitrogen and oxygen atoms in total. The fourth-order valence-corrected chi connectivity index (χ4v) is 3.80. The van der Waals surface area contributed by atoms with E-state index in [9.17, 15) is 26.4 Å². The summed E-state index contributed by atoms with van der Waals surface area (Å²) in [4.78, 5) is 11.8. The van der Waals surface area contributed by atoms with Gasteiger partial charge in [0.15, 0.2) is 0 Å². The number of nitrogens with one attached hydrogen (secondary N) is 2. The third-order valence-electron chi connectivity index (χ3n) is 4.05. The van der Waals surface area contributed by atoms with Crippen molar-refractivity contribution in [1.29, 1.82) is 0 Å². The predicted molar refractivity (Wildman–Crippen MR) is 110 cm³/mol. The first-order chi connectivity index (χ1) is 14.5. The second kappa shape index (κ2) is 9.13. The Morgan fingerprint density at radius 3 is 2.55 bits per heavy atom. The monoisotopic (exact) mass is 472 g/mol. The van der Waals surface area contributed by atoms with Crippen LogP contribution < -0.4 is 14.8 Å². The summed E-state index contributed by atoms with van der Waals surface area (Å²) < 4.78 is 67.4. The molecule has 0 bridgehead atoms. The van der Waals surface area contributed by atoms with Crippen LogP contribution in [0, 0.1) is 0 Å². The standard InChI is InChI=1S/C20H16ClF3N2O4S/c21-15-2-7-18-14(10-15)9-13(11-30-18)1-8-19(27)26-16-3-5-17(6-4-16)31(28,29)25-12-20(22,23)24/h1-10,25H,11-12H2,(H,26,27)/b8-1+. The number of ether oxygens (including phenoxy) is 1. The van der Waals surface area contributed by atoms with Crippen LogP contribution in [0.3, 0.4) is 0 Å². The van der Waals surface area contributed by atoms with Crippen LogP contribution in [0.25, 0.3) is 6.08 Å². The number of hydrogen-bond acceptors (Lipinski definition) is 4. The number of rotatable bonds is 6. The van der Waals surface area contributed by atoms with Crippen molar-refractivity contribution in [2.24, 2.45) is 0 Å². The van der Waals surface area contributed by atoms with Crippen LogP contribution in [0.4, 0.5) is 18.9 Å². The van der Waals surface area contributed by atoms with E-state index in [2.05, 4.69) is 5.32 Å². The fraction of sp³-hybridized carbons (Fsp3) is 0.150. The lowest BCUT2D eigenvalue weighted by Crippen LogP contribution is -2.33. The lowest BCUT2D eigenvalue weighted by atomic mass is 10.1. The maximum atomic E-state index is 12.2. The van der Waals surface area contributed by atoms with Gasteiger partial charge in [-0.3, -0.25) is 4.79 Å². The highest BCUT2D eigenvalue weighted by Gasteiger charge is 2.30. The van der Waals surface area contributed by atoms with Gasteiger partial charge in [0.25, 0.3) is 0 Å². The number of carbonyl (C=O) groups excluding carboxylic acids is 1. The van der Waals surface area contributed by atoms with Gasteiger partial charge in [0.2, 0.25) is 15.9 Å². The molecular weight excluding hydrogens is 457 g/mol. The minimum Gasteiger partial charge on any atom is -0.488 e. The minimum absolute atomic E-state index is 0.274. The number of alkyl halides is 3. The number of amides is 1. The van der Waals surface area contributed by atoms with Crippen LogP contribution >= 0.6 is 11.6 Å². The van der Waals surface area contributed by atoms with Gasteiger partial charge in [-0.2, -0.15) is 13.2 Å². The predicted octanol–water partition coefficient (Wildman–Crippen LogP) is 4.15. The highest BCUT2D eigenvalue weighted by atomic mass is 35.5. The molecule has 2 aromatic carbocycles. The molecule has 0 spiro atoms. The summed E-state index contributed by atoms with van der Waals surface area (Å²) in [7, 11) is -4.32. The molecule has 164 valence electrons. The molecule has 31 heavy (non-hydrogen) atoms. The Balaban J connectivity index is 1.61. The first-order valence-corrected chi connectivity index (χ1v) is 10.7. The van der Waals surface area contributed by atoms with Crippen LogP contribution in [-0.2, 0) is 14.8 Å². The van der Waals surface area contributed by atoms with Gasteiger partial charge in [0, 0.05) is 22.3 Å². The molecule has 3 rings (SSSR count). The van der Waals surface area contributed by atoms with Crippen molar-refractivity contribution in [2.45, 2.75) is 11.1 Å². The SMILES string of the molecule is O=C(/C=C/C1=Cc2cc(Cl)ccc2OC1)Nc1ccc(S(=O)(=O)NCC(F)(F)F)cc1. The topological polar surface area (TPSA) is 84.5 Å². The van der Waals surface area contributed by atoms with Crippen LogP contribution in [0.15, 0.2) is 65.1 Å². The average Bonchev–Trinajstić information content (AvgIpc) is 2.70. The largest absolute Gasteiger partial charge is 0.488 e. The number of sulfonamides is 1. The van der Waals surface area contributed by atoms with Crippen molar-refractivity contribution in [2.75, 3.05) is 18.5 Å². The number of anilines is 1. The van der Waals surface area contributed by atoms with Crippen molar-refractivity contribution in [1.82, 2.24) is 4.72 Å². The summed E-state index contributed by atoms with van der Waals surface area (Å²) in [5.41, 5.74) is 1.80. The molecule has 0 atom stereocenters. The summed E-state index contributed by atoms with van der Waals surface area (Å²) in [6.45, 7) is -1.40. The lowest BCUT2D eigenvalue weighted by Gasteiger charge is -2.16. The average molecular weight is 473 g/mol. The van der Waals surface area contributed by atoms with Crippen LogP contribution in [0.5, 0.6) is 5.75 Å². The van der Waals surface area contributed by atoms with Gasteiger partial charge in [-0.05, 0) is 54.1 Å². The van der Waals surface area contributed by atoms with Gasteiger partial charge in [0.1, 0.15) is 18.9 Å².